The summed E-state index contributed by atoms with van der Waals surface area (Å²) in [6, 6.07) is 3.57. The van der Waals surface area contributed by atoms with Crippen LogP contribution in [0.25, 0.3) is 0 Å². The number of carbonyl (C=O) groups is 1. The van der Waals surface area contributed by atoms with Crippen LogP contribution >= 0.6 is 0 Å². The van der Waals surface area contributed by atoms with E-state index >= 15 is 0 Å². The molecule has 1 aliphatic rings. The van der Waals surface area contributed by atoms with Crippen LogP contribution in [0.15, 0.2) is 24.5 Å². The van der Waals surface area contributed by atoms with Crippen LogP contribution in [0.1, 0.15) is 36.0 Å². The fraction of sp³-hybridized carbons (Fsp3) is 0.571. The van der Waals surface area contributed by atoms with Crippen LogP contribution in [0.2, 0.25) is 0 Å². The second-order valence-corrected chi connectivity index (χ2v) is 4.75. The minimum atomic E-state index is -0.0297. The van der Waals surface area contributed by atoms with Gasteiger partial charge in [-0.25, -0.2) is 0 Å². The van der Waals surface area contributed by atoms with Crippen molar-refractivity contribution in [3.05, 3.63) is 30.1 Å². The molecular weight excluding hydrogens is 226 g/mol. The minimum absolute atomic E-state index is 0.0297. The molecule has 98 valence electrons. The molecule has 1 amide bonds. The highest BCUT2D eigenvalue weighted by molar-refractivity contribution is 5.93. The van der Waals surface area contributed by atoms with Gasteiger partial charge in [-0.05, 0) is 38.1 Å². The Labute approximate surface area is 108 Å². The molecule has 0 radical (unpaired) electrons. The Morgan fingerprint density at radius 2 is 2.06 bits per heavy atom. The van der Waals surface area contributed by atoms with E-state index in [0.717, 1.165) is 6.54 Å². The molecule has 0 bridgehead atoms. The topological polar surface area (TPSA) is 45.2 Å². The molecule has 1 saturated heterocycles. The lowest BCUT2D eigenvalue weighted by Gasteiger charge is -2.19. The quantitative estimate of drug-likeness (QED) is 0.880. The molecular formula is C14H21N3O. The van der Waals surface area contributed by atoms with Gasteiger partial charge in [-0.15, -0.1) is 0 Å². The zero-order valence-corrected chi connectivity index (χ0v) is 10.8. The lowest BCUT2D eigenvalue weighted by molar-refractivity contribution is 0.0948. The molecule has 1 aliphatic heterocycles. The Bertz CT molecular complexity index is 359. The highest BCUT2D eigenvalue weighted by Gasteiger charge is 2.09. The van der Waals surface area contributed by atoms with Crippen molar-refractivity contribution in [2.24, 2.45) is 0 Å². The zero-order chi connectivity index (χ0) is 12.6. The van der Waals surface area contributed by atoms with Crippen LogP contribution in [0.4, 0.5) is 0 Å². The average Bonchev–Trinajstić information content (AvgIpc) is 2.68. The molecule has 1 aromatic rings. The summed E-state index contributed by atoms with van der Waals surface area (Å²) in [5.41, 5.74) is 0.633. The Morgan fingerprint density at radius 3 is 2.72 bits per heavy atom. The van der Waals surface area contributed by atoms with Gasteiger partial charge in [0, 0.05) is 25.5 Å². The van der Waals surface area contributed by atoms with Crippen LogP contribution in [-0.4, -0.2) is 42.0 Å². The number of likely N-dealkylation sites (tertiary alicyclic amines) is 1. The number of pyridine rings is 1. The van der Waals surface area contributed by atoms with Gasteiger partial charge in [-0.2, -0.15) is 0 Å². The molecule has 2 rings (SSSR count). The summed E-state index contributed by atoms with van der Waals surface area (Å²) in [6.07, 6.45) is 8.54. The number of aromatic nitrogens is 1. The molecule has 0 spiro atoms. The number of nitrogens with zero attached hydrogens (tertiary/aromatic N) is 2. The molecule has 0 aliphatic carbocycles. The highest BCUT2D eigenvalue weighted by Crippen LogP contribution is 2.08. The molecule has 4 heteroatoms. The SMILES string of the molecule is O=C(NCCN1CCCCCC1)c1cccnc1. The van der Waals surface area contributed by atoms with E-state index in [1.165, 1.54) is 38.8 Å². The first-order valence-corrected chi connectivity index (χ1v) is 6.77. The van der Waals surface area contributed by atoms with Gasteiger partial charge in [0.2, 0.25) is 0 Å². The first kappa shape index (κ1) is 13.0. The highest BCUT2D eigenvalue weighted by atomic mass is 16.1. The molecule has 0 aromatic carbocycles. The van der Waals surface area contributed by atoms with E-state index in [-0.39, 0.29) is 5.91 Å². The van der Waals surface area contributed by atoms with Gasteiger partial charge in [0.05, 0.1) is 5.56 Å². The summed E-state index contributed by atoms with van der Waals surface area (Å²) >= 11 is 0. The monoisotopic (exact) mass is 247 g/mol. The fourth-order valence-corrected chi connectivity index (χ4v) is 2.29. The summed E-state index contributed by atoms with van der Waals surface area (Å²) in [7, 11) is 0. The number of hydrogen-bond donors (Lipinski definition) is 1. The smallest absolute Gasteiger partial charge is 0.252 e. The van der Waals surface area contributed by atoms with Crippen LogP contribution in [0, 0.1) is 0 Å². The fourth-order valence-electron chi connectivity index (χ4n) is 2.29. The molecule has 0 saturated carbocycles. The first-order chi connectivity index (χ1) is 8.86. The Balaban J connectivity index is 1.70. The molecule has 1 aromatic heterocycles. The summed E-state index contributed by atoms with van der Waals surface area (Å²) in [6.45, 7) is 4.01. The maximum absolute atomic E-state index is 11.8. The second kappa shape index (κ2) is 7.11. The molecule has 0 atom stereocenters. The molecule has 2 heterocycles. The number of nitrogens with one attached hydrogen (secondary N) is 1. The van der Waals surface area contributed by atoms with E-state index in [9.17, 15) is 4.79 Å². The zero-order valence-electron chi connectivity index (χ0n) is 10.8. The van der Waals surface area contributed by atoms with Crippen molar-refractivity contribution in [2.45, 2.75) is 25.7 Å². The summed E-state index contributed by atoms with van der Waals surface area (Å²) in [5.74, 6) is -0.0297. The van der Waals surface area contributed by atoms with Crippen molar-refractivity contribution >= 4 is 5.91 Å². The van der Waals surface area contributed by atoms with Crippen molar-refractivity contribution in [3.8, 4) is 0 Å². The minimum Gasteiger partial charge on any atom is -0.351 e. The number of carbonyl (C=O) groups excluding carboxylic acids is 1. The maximum Gasteiger partial charge on any atom is 0.252 e. The van der Waals surface area contributed by atoms with Gasteiger partial charge < -0.3 is 10.2 Å². The number of hydrogen-bond acceptors (Lipinski definition) is 3. The van der Waals surface area contributed by atoms with Crippen LogP contribution in [0.3, 0.4) is 0 Å². The normalized spacial score (nSPS) is 17.1. The molecule has 18 heavy (non-hydrogen) atoms. The largest absolute Gasteiger partial charge is 0.351 e. The lowest BCUT2D eigenvalue weighted by Crippen LogP contribution is -2.35. The molecule has 4 nitrogen and oxygen atoms in total. The van der Waals surface area contributed by atoms with Gasteiger partial charge in [0.25, 0.3) is 5.91 Å². The van der Waals surface area contributed by atoms with Crippen LogP contribution < -0.4 is 5.32 Å². The van der Waals surface area contributed by atoms with E-state index in [0.29, 0.717) is 12.1 Å². The number of rotatable bonds is 4. The molecule has 1 N–H and O–H groups in total. The number of amides is 1. The Morgan fingerprint density at radius 1 is 1.28 bits per heavy atom. The van der Waals surface area contributed by atoms with E-state index < -0.39 is 0 Å². The Hall–Kier alpha value is -1.42. The molecule has 0 unspecified atom stereocenters. The van der Waals surface area contributed by atoms with Gasteiger partial charge in [-0.3, -0.25) is 9.78 Å². The maximum atomic E-state index is 11.8. The molecule has 1 fully saturated rings. The first-order valence-electron chi connectivity index (χ1n) is 6.77. The standard InChI is InChI=1S/C14H21N3O/c18-14(13-6-5-7-15-12-13)16-8-11-17-9-3-1-2-4-10-17/h5-7,12H,1-4,8-11H2,(H,16,18). The summed E-state index contributed by atoms with van der Waals surface area (Å²) in [5, 5.41) is 2.95. The van der Waals surface area contributed by atoms with Crippen LogP contribution in [-0.2, 0) is 0 Å². The average molecular weight is 247 g/mol. The second-order valence-electron chi connectivity index (χ2n) is 4.75. The van der Waals surface area contributed by atoms with E-state index in [1.807, 2.05) is 0 Å². The van der Waals surface area contributed by atoms with Crippen LogP contribution in [0.5, 0.6) is 0 Å². The van der Waals surface area contributed by atoms with Gasteiger partial charge in [0.1, 0.15) is 0 Å². The van der Waals surface area contributed by atoms with Crippen molar-refractivity contribution in [2.75, 3.05) is 26.2 Å². The van der Waals surface area contributed by atoms with Crippen molar-refractivity contribution in [3.63, 3.8) is 0 Å². The van der Waals surface area contributed by atoms with Gasteiger partial charge >= 0.3 is 0 Å². The van der Waals surface area contributed by atoms with E-state index in [2.05, 4.69) is 15.2 Å². The van der Waals surface area contributed by atoms with Crippen molar-refractivity contribution < 1.29 is 4.79 Å². The van der Waals surface area contributed by atoms with E-state index in [1.54, 1.807) is 24.5 Å². The van der Waals surface area contributed by atoms with E-state index in [4.69, 9.17) is 0 Å². The Kier molecular flexibility index (Phi) is 5.15. The predicted molar refractivity (Wildman–Crippen MR) is 71.5 cm³/mol. The van der Waals surface area contributed by atoms with Gasteiger partial charge in [0.15, 0.2) is 0 Å². The lowest BCUT2D eigenvalue weighted by atomic mass is 10.2. The third-order valence-corrected chi connectivity index (χ3v) is 3.34. The summed E-state index contributed by atoms with van der Waals surface area (Å²) in [4.78, 5) is 18.2. The third-order valence-electron chi connectivity index (χ3n) is 3.34. The van der Waals surface area contributed by atoms with Crippen molar-refractivity contribution in [1.82, 2.24) is 15.2 Å². The predicted octanol–water partition coefficient (Wildman–Crippen LogP) is 1.69. The van der Waals surface area contributed by atoms with Gasteiger partial charge in [-0.1, -0.05) is 12.8 Å². The summed E-state index contributed by atoms with van der Waals surface area (Å²) < 4.78 is 0. The van der Waals surface area contributed by atoms with Crippen molar-refractivity contribution in [1.29, 1.82) is 0 Å². The third kappa shape index (κ3) is 4.11.